The number of aromatic nitrogens is 2. The van der Waals surface area contributed by atoms with E-state index in [-0.39, 0.29) is 17.8 Å². The van der Waals surface area contributed by atoms with Crippen LogP contribution in [0.2, 0.25) is 0 Å². The van der Waals surface area contributed by atoms with Crippen molar-refractivity contribution in [1.29, 1.82) is 0 Å². The van der Waals surface area contributed by atoms with Crippen LogP contribution in [0.4, 0.5) is 0 Å². The average Bonchev–Trinajstić information content (AvgIpc) is 2.12. The van der Waals surface area contributed by atoms with Crippen LogP contribution in [0.1, 0.15) is 18.0 Å². The van der Waals surface area contributed by atoms with Crippen molar-refractivity contribution >= 4 is 35.5 Å². The summed E-state index contributed by atoms with van der Waals surface area (Å²) < 4.78 is 3.65. The normalized spacial score (nSPS) is 12.2. The predicted octanol–water partition coefficient (Wildman–Crippen LogP) is 2.26. The van der Waals surface area contributed by atoms with Crippen molar-refractivity contribution in [3.8, 4) is 0 Å². The fourth-order valence-corrected chi connectivity index (χ4v) is 1.07. The Labute approximate surface area is 68.8 Å². The minimum atomic E-state index is -0.00579. The molecule has 1 unspecified atom stereocenters. The Kier molecular flexibility index (Phi) is 4.10. The van der Waals surface area contributed by atoms with E-state index in [2.05, 4.69) is 9.59 Å². The lowest BCUT2D eigenvalue weighted by Crippen LogP contribution is -1.81. The van der Waals surface area contributed by atoms with E-state index in [4.69, 9.17) is 11.6 Å². The highest BCUT2D eigenvalue weighted by atomic mass is 35.5. The fourth-order valence-electron chi connectivity index (χ4n) is 0.345. The first-order chi connectivity index (χ1) is 3.80. The van der Waals surface area contributed by atoms with E-state index in [0.29, 0.717) is 0 Å². The lowest BCUT2D eigenvalue weighted by atomic mass is 10.4. The Hall–Kier alpha value is 0.140. The van der Waals surface area contributed by atoms with Gasteiger partial charge in [0.15, 0.2) is 0 Å². The second-order valence-electron chi connectivity index (χ2n) is 1.45. The fraction of sp³-hybridized carbons (Fsp3) is 0.500. The van der Waals surface area contributed by atoms with Crippen LogP contribution in [-0.4, -0.2) is 9.59 Å². The topological polar surface area (TPSA) is 25.8 Å². The molecule has 1 atom stereocenters. The summed E-state index contributed by atoms with van der Waals surface area (Å²) in [6.45, 7) is 1.87. The second kappa shape index (κ2) is 4.04. The van der Waals surface area contributed by atoms with Gasteiger partial charge in [-0.1, -0.05) is 4.49 Å². The summed E-state index contributed by atoms with van der Waals surface area (Å²) in [5, 5.41) is 5.59. The molecule has 1 heterocycles. The van der Waals surface area contributed by atoms with Crippen molar-refractivity contribution < 1.29 is 0 Å². The number of nitrogens with zero attached hydrogens (tertiary/aromatic N) is 2. The van der Waals surface area contributed by atoms with Crippen LogP contribution in [0.5, 0.6) is 0 Å². The van der Waals surface area contributed by atoms with Crippen molar-refractivity contribution in [2.24, 2.45) is 0 Å². The first kappa shape index (κ1) is 9.14. The monoisotopic (exact) mass is 184 g/mol. The van der Waals surface area contributed by atoms with Crippen LogP contribution >= 0.6 is 35.5 Å². The summed E-state index contributed by atoms with van der Waals surface area (Å²) in [4.78, 5) is 0. The van der Waals surface area contributed by atoms with Gasteiger partial charge in [0.25, 0.3) is 0 Å². The predicted molar refractivity (Wildman–Crippen MR) is 41.4 cm³/mol. The molecule has 0 fully saturated rings. The van der Waals surface area contributed by atoms with Crippen molar-refractivity contribution in [2.75, 3.05) is 0 Å². The highest BCUT2D eigenvalue weighted by Gasteiger charge is 2.01. The SMILES string of the molecule is CC(Cl)c1csnn1.Cl. The van der Waals surface area contributed by atoms with Gasteiger partial charge in [0, 0.05) is 5.38 Å². The van der Waals surface area contributed by atoms with Gasteiger partial charge < -0.3 is 0 Å². The highest BCUT2D eigenvalue weighted by Crippen LogP contribution is 2.16. The van der Waals surface area contributed by atoms with E-state index in [9.17, 15) is 0 Å². The van der Waals surface area contributed by atoms with Crippen LogP contribution in [-0.2, 0) is 0 Å². The molecule has 9 heavy (non-hydrogen) atoms. The minimum Gasteiger partial charge on any atom is -0.147 e. The van der Waals surface area contributed by atoms with Crippen molar-refractivity contribution in [3.63, 3.8) is 0 Å². The Bertz CT molecular complexity index is 152. The van der Waals surface area contributed by atoms with Crippen LogP contribution in [0, 0.1) is 0 Å². The van der Waals surface area contributed by atoms with Gasteiger partial charge in [-0.3, -0.25) is 0 Å². The van der Waals surface area contributed by atoms with Crippen molar-refractivity contribution in [1.82, 2.24) is 9.59 Å². The largest absolute Gasteiger partial charge is 0.147 e. The molecule has 0 aliphatic carbocycles. The molecule has 0 bridgehead atoms. The quantitative estimate of drug-likeness (QED) is 0.627. The van der Waals surface area contributed by atoms with Crippen LogP contribution in [0.25, 0.3) is 0 Å². The molecule has 1 aromatic heterocycles. The molecule has 0 aromatic carbocycles. The van der Waals surface area contributed by atoms with E-state index in [0.717, 1.165) is 5.69 Å². The number of hydrogen-bond acceptors (Lipinski definition) is 3. The van der Waals surface area contributed by atoms with Gasteiger partial charge in [-0.2, -0.15) is 0 Å². The number of halogens is 2. The van der Waals surface area contributed by atoms with Gasteiger partial charge in [0.2, 0.25) is 0 Å². The van der Waals surface area contributed by atoms with E-state index in [1.54, 1.807) is 0 Å². The molecule has 0 N–H and O–H groups in total. The third-order valence-corrected chi connectivity index (χ3v) is 1.53. The molecule has 1 rings (SSSR count). The highest BCUT2D eigenvalue weighted by molar-refractivity contribution is 7.03. The van der Waals surface area contributed by atoms with E-state index in [1.165, 1.54) is 11.5 Å². The van der Waals surface area contributed by atoms with Crippen molar-refractivity contribution in [3.05, 3.63) is 11.1 Å². The maximum atomic E-state index is 5.65. The van der Waals surface area contributed by atoms with Gasteiger partial charge in [0.1, 0.15) is 0 Å². The number of rotatable bonds is 1. The average molecular weight is 185 g/mol. The molecule has 0 saturated carbocycles. The van der Waals surface area contributed by atoms with E-state index in [1.807, 2.05) is 12.3 Å². The number of hydrogen-bond donors (Lipinski definition) is 0. The molecule has 0 spiro atoms. The molecule has 0 radical (unpaired) electrons. The lowest BCUT2D eigenvalue weighted by Gasteiger charge is -1.90. The van der Waals surface area contributed by atoms with Gasteiger partial charge in [-0.25, -0.2) is 0 Å². The van der Waals surface area contributed by atoms with E-state index >= 15 is 0 Å². The zero-order chi connectivity index (χ0) is 5.98. The number of alkyl halides is 1. The summed E-state index contributed by atoms with van der Waals surface area (Å²) >= 11 is 6.97. The standard InChI is InChI=1S/C4H5ClN2S.ClH/c1-3(5)4-2-8-7-6-4;/h2-3H,1H3;1H. The smallest absolute Gasteiger partial charge is 0.0931 e. The maximum absolute atomic E-state index is 5.65. The zero-order valence-electron chi connectivity index (χ0n) is 4.74. The van der Waals surface area contributed by atoms with Gasteiger partial charge >= 0.3 is 0 Å². The molecule has 1 aromatic rings. The molecule has 0 amide bonds. The van der Waals surface area contributed by atoms with Crippen LogP contribution < -0.4 is 0 Å². The van der Waals surface area contributed by atoms with E-state index < -0.39 is 0 Å². The summed E-state index contributed by atoms with van der Waals surface area (Å²) in [7, 11) is 0. The summed E-state index contributed by atoms with van der Waals surface area (Å²) in [6, 6.07) is 0. The Morgan fingerprint density at radius 2 is 2.44 bits per heavy atom. The Morgan fingerprint density at radius 3 is 2.67 bits per heavy atom. The summed E-state index contributed by atoms with van der Waals surface area (Å²) in [6.07, 6.45) is 0. The van der Waals surface area contributed by atoms with Crippen LogP contribution in [0.15, 0.2) is 5.38 Å². The van der Waals surface area contributed by atoms with Gasteiger partial charge in [0.05, 0.1) is 11.1 Å². The van der Waals surface area contributed by atoms with Gasteiger partial charge in [-0.05, 0) is 18.5 Å². The summed E-state index contributed by atoms with van der Waals surface area (Å²) in [5.74, 6) is 0. The molecule has 0 saturated heterocycles. The minimum absolute atomic E-state index is 0. The molecule has 52 valence electrons. The molecular weight excluding hydrogens is 179 g/mol. The zero-order valence-corrected chi connectivity index (χ0v) is 7.13. The first-order valence-corrected chi connectivity index (χ1v) is 3.49. The molecular formula is C4H6Cl2N2S. The lowest BCUT2D eigenvalue weighted by molar-refractivity contribution is 0.961. The second-order valence-corrected chi connectivity index (χ2v) is 2.71. The maximum Gasteiger partial charge on any atom is 0.0931 e. The molecule has 0 aliphatic heterocycles. The third-order valence-electron chi connectivity index (χ3n) is 0.784. The van der Waals surface area contributed by atoms with Crippen molar-refractivity contribution in [2.45, 2.75) is 12.3 Å². The van der Waals surface area contributed by atoms with Crippen LogP contribution in [0.3, 0.4) is 0 Å². The molecule has 5 heteroatoms. The Morgan fingerprint density at radius 1 is 1.78 bits per heavy atom. The molecule has 0 aliphatic rings. The third kappa shape index (κ3) is 2.47. The first-order valence-electron chi connectivity index (χ1n) is 2.21. The van der Waals surface area contributed by atoms with Gasteiger partial charge in [-0.15, -0.1) is 29.1 Å². The summed E-state index contributed by atoms with van der Waals surface area (Å²) in [5.41, 5.74) is 0.858. The Balaban J connectivity index is 0.000000640. The molecule has 2 nitrogen and oxygen atoms in total.